The van der Waals surface area contributed by atoms with Gasteiger partial charge in [-0.3, -0.25) is 0 Å². The van der Waals surface area contributed by atoms with Gasteiger partial charge in [-0.15, -0.1) is 0 Å². The quantitative estimate of drug-likeness (QED) is 0.0911. The maximum absolute atomic E-state index is 13.7. The fourth-order valence-electron chi connectivity index (χ4n) is 4.99. The van der Waals surface area contributed by atoms with Crippen LogP contribution in [0.5, 0.6) is 0 Å². The van der Waals surface area contributed by atoms with Gasteiger partial charge in [0.1, 0.15) is 12.7 Å². The normalized spacial score (nSPS) is 13.0. The summed E-state index contributed by atoms with van der Waals surface area (Å²) in [4.78, 5) is 67.2. The molecular formula is C41H34O10. The zero-order chi connectivity index (χ0) is 36.0. The molecule has 0 bridgehead atoms. The summed E-state index contributed by atoms with van der Waals surface area (Å²) in [6.07, 6.45) is -6.16. The van der Waals surface area contributed by atoms with Gasteiger partial charge in [0.25, 0.3) is 0 Å². The molecule has 0 saturated heterocycles. The van der Waals surface area contributed by atoms with Crippen molar-refractivity contribution in [2.24, 2.45) is 0 Å². The first kappa shape index (κ1) is 35.7. The van der Waals surface area contributed by atoms with E-state index < -0.39 is 60.9 Å². The van der Waals surface area contributed by atoms with Crippen molar-refractivity contribution in [3.05, 3.63) is 179 Å². The molecule has 0 aliphatic heterocycles. The largest absolute Gasteiger partial charge is 0.458 e. The zero-order valence-electron chi connectivity index (χ0n) is 27.5. The fourth-order valence-corrected chi connectivity index (χ4v) is 4.99. The number of hydrogen-bond acceptors (Lipinski definition) is 10. The Morgan fingerprint density at radius 3 is 1.06 bits per heavy atom. The zero-order valence-corrected chi connectivity index (χ0v) is 27.5. The topological polar surface area (TPSA) is 132 Å². The van der Waals surface area contributed by atoms with Gasteiger partial charge in [0.2, 0.25) is 0 Å². The van der Waals surface area contributed by atoms with Gasteiger partial charge >= 0.3 is 29.8 Å². The second-order valence-corrected chi connectivity index (χ2v) is 11.2. The van der Waals surface area contributed by atoms with Gasteiger partial charge in [0, 0.05) is 0 Å². The van der Waals surface area contributed by atoms with Crippen LogP contribution in [0.1, 0.15) is 58.7 Å². The summed E-state index contributed by atoms with van der Waals surface area (Å²) in [6.45, 7) is 0.803. The molecule has 10 nitrogen and oxygen atoms in total. The van der Waals surface area contributed by atoms with Crippen LogP contribution >= 0.6 is 0 Å². The highest BCUT2D eigenvalue weighted by Gasteiger charge is 2.44. The molecule has 0 spiro atoms. The molecule has 0 fully saturated rings. The Kier molecular flexibility index (Phi) is 12.4. The number of rotatable bonds is 14. The average Bonchev–Trinajstić information content (AvgIpc) is 3.19. The maximum atomic E-state index is 13.7. The van der Waals surface area contributed by atoms with Crippen LogP contribution in [0.25, 0.3) is 0 Å². The predicted molar refractivity (Wildman–Crippen MR) is 185 cm³/mol. The molecule has 0 N–H and O–H groups in total. The van der Waals surface area contributed by atoms with Gasteiger partial charge in [-0.2, -0.15) is 0 Å². The van der Waals surface area contributed by atoms with E-state index in [2.05, 4.69) is 0 Å². The minimum atomic E-state index is -1.68. The van der Waals surface area contributed by atoms with Crippen LogP contribution in [-0.2, 0) is 23.7 Å². The van der Waals surface area contributed by atoms with Gasteiger partial charge in [-0.25, -0.2) is 24.0 Å². The Labute approximate surface area is 294 Å². The highest BCUT2D eigenvalue weighted by molar-refractivity contribution is 5.92. The molecule has 4 atom stereocenters. The SMILES string of the molecule is C[C@H](OC(=O)c1ccccc1)[C@@H](OC(=O)c1ccccc1)[C@@H](OC(=O)c1ccccc1)[C@@H](COC(=O)c1ccccc1)OC(=O)c1ccccc1. The monoisotopic (exact) mass is 686 g/mol. The van der Waals surface area contributed by atoms with Crippen molar-refractivity contribution >= 4 is 29.8 Å². The standard InChI is InChI=1S/C41H34O10/c1-28(48-38(43)30-19-9-3-10-20-30)35(50-40(45)32-23-13-5-14-24-32)36(51-41(46)33-25-15-6-16-26-33)34(49-39(44)31-21-11-4-12-22-31)27-47-37(42)29-17-7-2-8-18-29/h2-26,28,34-36H,27H2,1H3/t28-,34+,35+,36-/m0/s1. The minimum Gasteiger partial charge on any atom is -0.458 e. The van der Waals surface area contributed by atoms with E-state index in [1.54, 1.807) is 103 Å². The van der Waals surface area contributed by atoms with Crippen LogP contribution in [0.3, 0.4) is 0 Å². The third-order valence-electron chi connectivity index (χ3n) is 7.62. The number of benzene rings is 5. The van der Waals surface area contributed by atoms with E-state index in [9.17, 15) is 24.0 Å². The number of esters is 5. The number of carbonyl (C=O) groups excluding carboxylic acids is 5. The fraction of sp³-hybridized carbons (Fsp3) is 0.146. The highest BCUT2D eigenvalue weighted by atomic mass is 16.6. The van der Waals surface area contributed by atoms with E-state index in [1.165, 1.54) is 55.5 Å². The molecule has 0 heterocycles. The number of ether oxygens (including phenoxy) is 5. The van der Waals surface area contributed by atoms with Crippen molar-refractivity contribution in [1.29, 1.82) is 0 Å². The lowest BCUT2D eigenvalue weighted by Crippen LogP contribution is -2.52. The van der Waals surface area contributed by atoms with Crippen molar-refractivity contribution in [2.75, 3.05) is 6.61 Å². The lowest BCUT2D eigenvalue weighted by atomic mass is 10.0. The van der Waals surface area contributed by atoms with E-state index in [1.807, 2.05) is 0 Å². The molecule has 5 rings (SSSR count). The maximum Gasteiger partial charge on any atom is 0.338 e. The van der Waals surface area contributed by atoms with Crippen LogP contribution in [0, 0.1) is 0 Å². The first-order chi connectivity index (χ1) is 24.8. The van der Waals surface area contributed by atoms with Gasteiger partial charge in [0.05, 0.1) is 27.8 Å². The Balaban J connectivity index is 1.56. The van der Waals surface area contributed by atoms with Crippen molar-refractivity contribution < 1.29 is 47.7 Å². The van der Waals surface area contributed by atoms with E-state index >= 15 is 0 Å². The first-order valence-electron chi connectivity index (χ1n) is 16.1. The summed E-state index contributed by atoms with van der Waals surface area (Å²) in [5.41, 5.74) is 0.829. The Morgan fingerprint density at radius 2 is 0.686 bits per heavy atom. The molecular weight excluding hydrogens is 652 g/mol. The number of hydrogen-bond donors (Lipinski definition) is 0. The molecule has 0 saturated carbocycles. The lowest BCUT2D eigenvalue weighted by Gasteiger charge is -2.35. The van der Waals surface area contributed by atoms with Crippen molar-refractivity contribution in [1.82, 2.24) is 0 Å². The molecule has 10 heteroatoms. The summed E-state index contributed by atoms with van der Waals surface area (Å²) < 4.78 is 29.3. The summed E-state index contributed by atoms with van der Waals surface area (Å²) in [5, 5.41) is 0. The third-order valence-corrected chi connectivity index (χ3v) is 7.62. The highest BCUT2D eigenvalue weighted by Crippen LogP contribution is 2.24. The van der Waals surface area contributed by atoms with Crippen LogP contribution in [0.15, 0.2) is 152 Å². The van der Waals surface area contributed by atoms with Gasteiger partial charge in [0.15, 0.2) is 18.3 Å². The van der Waals surface area contributed by atoms with Crippen LogP contribution < -0.4 is 0 Å². The van der Waals surface area contributed by atoms with Crippen molar-refractivity contribution in [3.8, 4) is 0 Å². The lowest BCUT2D eigenvalue weighted by molar-refractivity contribution is -0.128. The average molecular weight is 687 g/mol. The molecule has 0 aliphatic carbocycles. The van der Waals surface area contributed by atoms with E-state index in [-0.39, 0.29) is 27.8 Å². The van der Waals surface area contributed by atoms with Crippen LogP contribution in [-0.4, -0.2) is 60.9 Å². The van der Waals surface area contributed by atoms with Gasteiger partial charge in [-0.05, 0) is 67.6 Å². The summed E-state index contributed by atoms with van der Waals surface area (Å²) in [5.74, 6) is -4.09. The molecule has 5 aromatic carbocycles. The van der Waals surface area contributed by atoms with Crippen molar-refractivity contribution in [3.63, 3.8) is 0 Å². The Hall–Kier alpha value is -6.55. The first-order valence-corrected chi connectivity index (χ1v) is 16.1. The van der Waals surface area contributed by atoms with Gasteiger partial charge < -0.3 is 23.7 Å². The Morgan fingerprint density at radius 1 is 0.392 bits per heavy atom. The Bertz CT molecular complexity index is 1900. The van der Waals surface area contributed by atoms with E-state index in [0.29, 0.717) is 0 Å². The molecule has 0 unspecified atom stereocenters. The van der Waals surface area contributed by atoms with E-state index in [4.69, 9.17) is 23.7 Å². The van der Waals surface area contributed by atoms with Gasteiger partial charge in [-0.1, -0.05) is 91.0 Å². The molecule has 0 radical (unpaired) electrons. The smallest absolute Gasteiger partial charge is 0.338 e. The third kappa shape index (κ3) is 9.99. The summed E-state index contributed by atoms with van der Waals surface area (Å²) >= 11 is 0. The van der Waals surface area contributed by atoms with Crippen LogP contribution in [0.4, 0.5) is 0 Å². The van der Waals surface area contributed by atoms with Crippen LogP contribution in [0.2, 0.25) is 0 Å². The summed E-state index contributed by atoms with van der Waals surface area (Å²) in [6, 6.07) is 40.2. The molecule has 0 amide bonds. The predicted octanol–water partition coefficient (Wildman–Crippen LogP) is 6.77. The molecule has 51 heavy (non-hydrogen) atoms. The minimum absolute atomic E-state index is 0.124. The molecule has 0 aliphatic rings. The van der Waals surface area contributed by atoms with E-state index in [0.717, 1.165) is 0 Å². The summed E-state index contributed by atoms with van der Waals surface area (Å²) in [7, 11) is 0. The molecule has 258 valence electrons. The molecule has 5 aromatic rings. The second-order valence-electron chi connectivity index (χ2n) is 11.2. The second kappa shape index (κ2) is 17.7. The number of carbonyl (C=O) groups is 5. The van der Waals surface area contributed by atoms with Crippen molar-refractivity contribution in [2.45, 2.75) is 31.3 Å². The molecule has 0 aromatic heterocycles.